The summed E-state index contributed by atoms with van der Waals surface area (Å²) >= 11 is 1.40. The van der Waals surface area contributed by atoms with E-state index in [1.165, 1.54) is 11.8 Å². The lowest BCUT2D eigenvalue weighted by Gasteiger charge is -1.94. The van der Waals surface area contributed by atoms with Crippen molar-refractivity contribution < 1.29 is 13.6 Å². The van der Waals surface area contributed by atoms with Crippen LogP contribution in [-0.2, 0) is 5.75 Å². The summed E-state index contributed by atoms with van der Waals surface area (Å²) in [5.74, 6) is 5.92. The number of nitrogens with one attached hydrogen (secondary N) is 1. The van der Waals surface area contributed by atoms with Crippen LogP contribution in [0.4, 0.5) is 0 Å². The first kappa shape index (κ1) is 12.8. The minimum atomic E-state index is -0.455. The first-order chi connectivity index (χ1) is 9.76. The third-order valence-electron chi connectivity index (χ3n) is 2.63. The second-order valence-corrected chi connectivity index (χ2v) is 4.90. The third kappa shape index (κ3) is 2.54. The second kappa shape index (κ2) is 5.40. The molecule has 0 saturated carbocycles. The molecule has 0 spiro atoms. The predicted octanol–water partition coefficient (Wildman–Crippen LogP) is 2.32. The third-order valence-corrected chi connectivity index (χ3v) is 3.48. The van der Waals surface area contributed by atoms with Crippen LogP contribution in [0.1, 0.15) is 16.3 Å². The molecule has 0 fully saturated rings. The van der Waals surface area contributed by atoms with Crippen molar-refractivity contribution in [2.45, 2.75) is 11.0 Å². The Balaban J connectivity index is 1.69. The zero-order chi connectivity index (χ0) is 13.9. The minimum absolute atomic E-state index is 0.181. The smallest absolute Gasteiger partial charge is 0.300 e. The van der Waals surface area contributed by atoms with Crippen LogP contribution < -0.4 is 11.3 Å². The molecule has 7 heteroatoms. The lowest BCUT2D eigenvalue weighted by molar-refractivity contribution is 0.0924. The summed E-state index contributed by atoms with van der Waals surface area (Å²) in [6.45, 7) is 0. The molecule has 0 aliphatic carbocycles. The number of hydrazine groups is 1. The number of fused-ring (bicyclic) bond motifs is 1. The minimum Gasteiger partial charge on any atom is -0.455 e. The molecular weight excluding hydrogens is 278 g/mol. The number of amides is 1. The monoisotopic (exact) mass is 289 g/mol. The van der Waals surface area contributed by atoms with E-state index in [0.717, 1.165) is 11.1 Å². The molecular formula is C13H11N3O3S. The number of para-hydroxylation sites is 2. The van der Waals surface area contributed by atoms with Crippen molar-refractivity contribution in [1.29, 1.82) is 0 Å². The van der Waals surface area contributed by atoms with Gasteiger partial charge in [-0.1, -0.05) is 23.9 Å². The number of nitrogens with zero attached hydrogens (tertiary/aromatic N) is 1. The number of oxazole rings is 1. The fourth-order valence-corrected chi connectivity index (χ4v) is 2.43. The SMILES string of the molecule is NNC(=O)c1ccc(CSc2nc3ccccc3o2)o1. The van der Waals surface area contributed by atoms with Crippen LogP contribution in [0.5, 0.6) is 0 Å². The van der Waals surface area contributed by atoms with Gasteiger partial charge in [0.05, 0.1) is 5.75 Å². The zero-order valence-corrected chi connectivity index (χ0v) is 11.1. The summed E-state index contributed by atoms with van der Waals surface area (Å²) < 4.78 is 10.9. The van der Waals surface area contributed by atoms with Crippen LogP contribution in [0.2, 0.25) is 0 Å². The summed E-state index contributed by atoms with van der Waals surface area (Å²) in [5.41, 5.74) is 3.58. The molecule has 0 aliphatic heterocycles. The van der Waals surface area contributed by atoms with Crippen molar-refractivity contribution in [3.05, 3.63) is 47.9 Å². The summed E-state index contributed by atoms with van der Waals surface area (Å²) in [4.78, 5) is 15.6. The van der Waals surface area contributed by atoms with Gasteiger partial charge in [0.1, 0.15) is 11.3 Å². The molecule has 2 aromatic heterocycles. The van der Waals surface area contributed by atoms with E-state index >= 15 is 0 Å². The van der Waals surface area contributed by atoms with E-state index < -0.39 is 5.91 Å². The van der Waals surface area contributed by atoms with Crippen LogP contribution in [0.15, 0.2) is 50.5 Å². The molecule has 0 aliphatic rings. The van der Waals surface area contributed by atoms with Crippen molar-refractivity contribution in [3.8, 4) is 0 Å². The van der Waals surface area contributed by atoms with E-state index in [9.17, 15) is 4.79 Å². The molecule has 2 heterocycles. The van der Waals surface area contributed by atoms with Gasteiger partial charge in [-0.2, -0.15) is 0 Å². The molecule has 0 radical (unpaired) electrons. The largest absolute Gasteiger partial charge is 0.455 e. The van der Waals surface area contributed by atoms with Gasteiger partial charge in [0.15, 0.2) is 11.3 Å². The van der Waals surface area contributed by atoms with Gasteiger partial charge in [-0.15, -0.1) is 0 Å². The lowest BCUT2D eigenvalue weighted by Crippen LogP contribution is -2.29. The van der Waals surface area contributed by atoms with Crippen LogP contribution >= 0.6 is 11.8 Å². The van der Waals surface area contributed by atoms with Crippen molar-refractivity contribution in [3.63, 3.8) is 0 Å². The van der Waals surface area contributed by atoms with Crippen molar-refractivity contribution in [2.24, 2.45) is 5.84 Å². The number of carbonyl (C=O) groups excluding carboxylic acids is 1. The quantitative estimate of drug-likeness (QED) is 0.331. The highest BCUT2D eigenvalue weighted by Crippen LogP contribution is 2.26. The number of furan rings is 1. The summed E-state index contributed by atoms with van der Waals surface area (Å²) in [5, 5.41) is 0.562. The highest BCUT2D eigenvalue weighted by Gasteiger charge is 2.11. The number of hydrogen-bond acceptors (Lipinski definition) is 6. The second-order valence-electron chi connectivity index (χ2n) is 3.98. The maximum Gasteiger partial charge on any atom is 0.300 e. The molecule has 6 nitrogen and oxygen atoms in total. The van der Waals surface area contributed by atoms with Crippen LogP contribution in [-0.4, -0.2) is 10.9 Å². The van der Waals surface area contributed by atoms with Crippen molar-refractivity contribution >= 4 is 28.8 Å². The van der Waals surface area contributed by atoms with Crippen LogP contribution in [0.3, 0.4) is 0 Å². The Morgan fingerprint density at radius 2 is 2.10 bits per heavy atom. The number of thioether (sulfide) groups is 1. The zero-order valence-electron chi connectivity index (χ0n) is 10.3. The topological polar surface area (TPSA) is 94.3 Å². The molecule has 3 aromatic rings. The molecule has 3 rings (SSSR count). The fourth-order valence-electron chi connectivity index (χ4n) is 1.69. The Labute approximate surface area is 118 Å². The summed E-state index contributed by atoms with van der Waals surface area (Å²) in [7, 11) is 0. The van der Waals surface area contributed by atoms with Gasteiger partial charge in [-0.05, 0) is 24.3 Å². The Morgan fingerprint density at radius 3 is 2.90 bits per heavy atom. The van der Waals surface area contributed by atoms with E-state index in [2.05, 4.69) is 4.98 Å². The van der Waals surface area contributed by atoms with Gasteiger partial charge in [-0.25, -0.2) is 10.8 Å². The Morgan fingerprint density at radius 1 is 1.25 bits per heavy atom. The van der Waals surface area contributed by atoms with E-state index in [4.69, 9.17) is 14.7 Å². The summed E-state index contributed by atoms with van der Waals surface area (Å²) in [6, 6.07) is 10.8. The Bertz CT molecular complexity index is 717. The first-order valence-corrected chi connectivity index (χ1v) is 6.83. The molecule has 20 heavy (non-hydrogen) atoms. The normalized spacial score (nSPS) is 10.8. The van der Waals surface area contributed by atoms with Crippen molar-refractivity contribution in [2.75, 3.05) is 0 Å². The van der Waals surface area contributed by atoms with E-state index in [1.807, 2.05) is 29.7 Å². The number of nitrogens with two attached hydrogens (primary N) is 1. The predicted molar refractivity (Wildman–Crippen MR) is 73.9 cm³/mol. The number of hydrogen-bond donors (Lipinski definition) is 2. The highest BCUT2D eigenvalue weighted by atomic mass is 32.2. The lowest BCUT2D eigenvalue weighted by atomic mass is 10.3. The maximum atomic E-state index is 11.3. The number of carbonyl (C=O) groups is 1. The van der Waals surface area contributed by atoms with Crippen molar-refractivity contribution in [1.82, 2.24) is 10.4 Å². The number of rotatable bonds is 4. The molecule has 1 amide bonds. The van der Waals surface area contributed by atoms with Gasteiger partial charge in [-0.3, -0.25) is 10.2 Å². The molecule has 0 unspecified atom stereocenters. The molecule has 1 aromatic carbocycles. The van der Waals surface area contributed by atoms with E-state index in [-0.39, 0.29) is 5.76 Å². The number of aromatic nitrogens is 1. The van der Waals surface area contributed by atoms with Crippen LogP contribution in [0, 0.1) is 0 Å². The van der Waals surface area contributed by atoms with Gasteiger partial charge in [0, 0.05) is 0 Å². The maximum absolute atomic E-state index is 11.3. The molecule has 3 N–H and O–H groups in total. The van der Waals surface area contributed by atoms with E-state index in [0.29, 0.717) is 16.7 Å². The Kier molecular flexibility index (Phi) is 3.44. The number of nitrogen functional groups attached to an aromatic ring is 1. The highest BCUT2D eigenvalue weighted by molar-refractivity contribution is 7.98. The standard InChI is InChI=1S/C13H11N3O3S/c14-16-12(17)11-6-5-8(18-11)7-20-13-15-9-3-1-2-4-10(9)19-13/h1-6H,7,14H2,(H,16,17). The van der Waals surface area contributed by atoms with E-state index in [1.54, 1.807) is 12.1 Å². The van der Waals surface area contributed by atoms with Gasteiger partial charge in [0.2, 0.25) is 0 Å². The average molecular weight is 289 g/mol. The molecule has 0 bridgehead atoms. The fraction of sp³-hybridized carbons (Fsp3) is 0.0769. The van der Waals surface area contributed by atoms with Crippen LogP contribution in [0.25, 0.3) is 11.1 Å². The molecule has 102 valence electrons. The van der Waals surface area contributed by atoms with Gasteiger partial charge >= 0.3 is 5.91 Å². The van der Waals surface area contributed by atoms with Gasteiger partial charge in [0.25, 0.3) is 5.22 Å². The summed E-state index contributed by atoms with van der Waals surface area (Å²) in [6.07, 6.45) is 0. The molecule has 0 atom stereocenters. The Hall–Kier alpha value is -2.25. The number of benzene rings is 1. The molecule has 0 saturated heterocycles. The average Bonchev–Trinajstić information content (AvgIpc) is 3.10. The van der Waals surface area contributed by atoms with Gasteiger partial charge < -0.3 is 8.83 Å². The first-order valence-electron chi connectivity index (χ1n) is 5.84.